The molecule has 9 rings (SSSR count). The second-order valence-electron chi connectivity index (χ2n) is 13.6. The number of aliphatic carboxylic acids is 2. The van der Waals surface area contributed by atoms with Crippen LogP contribution < -0.4 is 9.47 Å². The van der Waals surface area contributed by atoms with E-state index in [1.165, 1.54) is 0 Å². The van der Waals surface area contributed by atoms with Crippen molar-refractivity contribution < 1.29 is 29.3 Å². The quantitative estimate of drug-likeness (QED) is 0.108. The van der Waals surface area contributed by atoms with Crippen molar-refractivity contribution in [2.24, 2.45) is 0 Å². The number of ether oxygens (including phenoxy) is 2. The monoisotopic (exact) mass is 762 g/mol. The molecular weight excluding hydrogens is 729 g/mol. The summed E-state index contributed by atoms with van der Waals surface area (Å²) in [5.41, 5.74) is 13.5. The van der Waals surface area contributed by atoms with Crippen molar-refractivity contribution >= 4 is 58.3 Å². The second-order valence-corrected chi connectivity index (χ2v) is 13.6. The standard InChI is InChI=1S/C48H34N4O6/c53-43(54)27-57-33-15-11-31(12-16-33)47-39-23-19-35(49-39)45(29-7-3-1-4-8-29)36-20-24-40(50-36)48(32-13-17-34(18-14-32)58-28-44(55)56)42-26-22-38(52-42)46(30-9-5-2-6-10-30)37-21-25-41(47)51-37/h1-26,49,52H,27-28H2,(H,53,54)(H,55,56). The van der Waals surface area contributed by atoms with E-state index >= 15 is 0 Å². The predicted molar refractivity (Wildman–Crippen MR) is 227 cm³/mol. The molecule has 282 valence electrons. The lowest BCUT2D eigenvalue weighted by atomic mass is 10.0. The van der Waals surface area contributed by atoms with Crippen LogP contribution in [-0.4, -0.2) is 55.3 Å². The first-order valence-corrected chi connectivity index (χ1v) is 18.5. The number of carbonyl (C=O) groups is 2. The SMILES string of the molecule is O=C(O)COc1ccc(-c2c3nc(c(-c4ccccc4)c4ccc([nH]4)c(-c4ccc(OCC(=O)O)cc4)c4nc(c(-c5ccccc5)c5ccc2[nH]5)C=C4)C=C3)cc1. The summed E-state index contributed by atoms with van der Waals surface area (Å²) >= 11 is 0. The lowest BCUT2D eigenvalue weighted by Gasteiger charge is -2.08. The summed E-state index contributed by atoms with van der Waals surface area (Å²) in [5, 5.41) is 18.3. The average molecular weight is 763 g/mol. The maximum absolute atomic E-state index is 11.2. The molecule has 0 unspecified atom stereocenters. The molecule has 2 aliphatic rings. The molecule has 0 amide bonds. The fraction of sp³-hybridized carbons (Fsp3) is 0.0417. The summed E-state index contributed by atoms with van der Waals surface area (Å²) in [6.45, 7) is -0.875. The smallest absolute Gasteiger partial charge is 0.341 e. The van der Waals surface area contributed by atoms with Crippen LogP contribution in [-0.2, 0) is 9.59 Å². The van der Waals surface area contributed by atoms with Crippen molar-refractivity contribution in [1.82, 2.24) is 19.9 Å². The minimum atomic E-state index is -1.05. The van der Waals surface area contributed by atoms with Crippen molar-refractivity contribution in [3.8, 4) is 56.0 Å². The highest BCUT2D eigenvalue weighted by atomic mass is 16.5. The van der Waals surface area contributed by atoms with Gasteiger partial charge in [-0.2, -0.15) is 0 Å². The first-order chi connectivity index (χ1) is 28.4. The molecule has 4 N–H and O–H groups in total. The molecule has 4 aromatic carbocycles. The summed E-state index contributed by atoms with van der Waals surface area (Å²) in [4.78, 5) is 40.4. The summed E-state index contributed by atoms with van der Waals surface area (Å²) in [6.07, 6.45) is 8.08. The average Bonchev–Trinajstić information content (AvgIpc) is 4.09. The number of H-pyrrole nitrogens is 2. The Morgan fingerprint density at radius 1 is 0.414 bits per heavy atom. The van der Waals surface area contributed by atoms with E-state index in [0.717, 1.165) is 89.4 Å². The fourth-order valence-electron chi connectivity index (χ4n) is 7.36. The van der Waals surface area contributed by atoms with E-state index in [-0.39, 0.29) is 0 Å². The van der Waals surface area contributed by atoms with Crippen LogP contribution in [0.15, 0.2) is 133 Å². The Labute approximate surface area is 332 Å². The number of carboxylic acids is 2. The van der Waals surface area contributed by atoms with Crippen LogP contribution in [0.3, 0.4) is 0 Å². The van der Waals surface area contributed by atoms with Crippen LogP contribution in [0.4, 0.5) is 0 Å². The first-order valence-electron chi connectivity index (χ1n) is 18.5. The maximum Gasteiger partial charge on any atom is 0.341 e. The molecule has 0 saturated carbocycles. The minimum absolute atomic E-state index is 0.438. The number of hydrogen-bond acceptors (Lipinski definition) is 6. The molecule has 0 spiro atoms. The molecule has 2 aliphatic heterocycles. The van der Waals surface area contributed by atoms with Gasteiger partial charge in [-0.15, -0.1) is 0 Å². The van der Waals surface area contributed by atoms with Crippen LogP contribution in [0.1, 0.15) is 22.8 Å². The molecular formula is C48H34N4O6. The molecule has 8 bridgehead atoms. The zero-order valence-electron chi connectivity index (χ0n) is 30.8. The molecule has 10 heteroatoms. The van der Waals surface area contributed by atoms with Crippen molar-refractivity contribution in [2.45, 2.75) is 0 Å². The third-order valence-electron chi connectivity index (χ3n) is 9.89. The predicted octanol–water partition coefficient (Wildman–Crippen LogP) is 10.3. The number of fused-ring (bicyclic) bond motifs is 8. The zero-order valence-corrected chi connectivity index (χ0v) is 30.8. The largest absolute Gasteiger partial charge is 0.482 e. The van der Waals surface area contributed by atoms with Gasteiger partial charge in [0.1, 0.15) is 11.5 Å². The summed E-state index contributed by atoms with van der Waals surface area (Å²) in [7, 11) is 0. The zero-order chi connectivity index (χ0) is 39.6. The van der Waals surface area contributed by atoms with Gasteiger partial charge in [-0.1, -0.05) is 84.9 Å². The van der Waals surface area contributed by atoms with Gasteiger partial charge in [0, 0.05) is 44.3 Å². The van der Waals surface area contributed by atoms with Crippen molar-refractivity contribution in [3.63, 3.8) is 0 Å². The molecule has 0 saturated heterocycles. The number of nitrogens with one attached hydrogen (secondary N) is 2. The molecule has 0 fully saturated rings. The van der Waals surface area contributed by atoms with Gasteiger partial charge in [0.15, 0.2) is 13.2 Å². The molecule has 0 aliphatic carbocycles. The van der Waals surface area contributed by atoms with Gasteiger partial charge < -0.3 is 29.7 Å². The number of benzene rings is 4. The molecule has 58 heavy (non-hydrogen) atoms. The normalized spacial score (nSPS) is 11.7. The van der Waals surface area contributed by atoms with Crippen LogP contribution in [0.25, 0.3) is 90.9 Å². The highest BCUT2D eigenvalue weighted by Crippen LogP contribution is 2.39. The molecule has 5 heterocycles. The highest BCUT2D eigenvalue weighted by molar-refractivity contribution is 5.99. The van der Waals surface area contributed by atoms with Gasteiger partial charge >= 0.3 is 11.9 Å². The lowest BCUT2D eigenvalue weighted by molar-refractivity contribution is -0.140. The number of aromatic amines is 2. The number of carboxylic acid groups (broad SMARTS) is 2. The number of rotatable bonds is 10. The van der Waals surface area contributed by atoms with Gasteiger partial charge in [-0.25, -0.2) is 19.6 Å². The number of hydrogen-bond donors (Lipinski definition) is 4. The molecule has 7 aromatic rings. The van der Waals surface area contributed by atoms with E-state index in [2.05, 4.69) is 46.4 Å². The summed E-state index contributed by atoms with van der Waals surface area (Å²) in [5.74, 6) is -1.20. The van der Waals surface area contributed by atoms with E-state index in [9.17, 15) is 9.59 Å². The van der Waals surface area contributed by atoms with Crippen LogP contribution in [0.5, 0.6) is 11.5 Å². The van der Waals surface area contributed by atoms with Crippen LogP contribution in [0, 0.1) is 0 Å². The van der Waals surface area contributed by atoms with E-state index < -0.39 is 25.2 Å². The van der Waals surface area contributed by atoms with E-state index in [1.807, 2.05) is 97.1 Å². The Bertz CT molecular complexity index is 2730. The Hall–Kier alpha value is -7.98. The Morgan fingerprint density at radius 3 is 1.00 bits per heavy atom. The van der Waals surface area contributed by atoms with Gasteiger partial charge in [0.25, 0.3) is 0 Å². The molecule has 10 nitrogen and oxygen atoms in total. The van der Waals surface area contributed by atoms with Crippen LogP contribution >= 0.6 is 0 Å². The molecule has 3 aromatic heterocycles. The molecule has 0 radical (unpaired) electrons. The van der Waals surface area contributed by atoms with Crippen molar-refractivity contribution in [2.75, 3.05) is 13.2 Å². The maximum atomic E-state index is 11.2. The number of nitrogens with zero attached hydrogens (tertiary/aromatic N) is 2. The number of aromatic nitrogens is 4. The fourth-order valence-corrected chi connectivity index (χ4v) is 7.36. The Morgan fingerprint density at radius 2 is 0.707 bits per heavy atom. The highest BCUT2D eigenvalue weighted by Gasteiger charge is 2.19. The van der Waals surface area contributed by atoms with E-state index in [0.29, 0.717) is 11.5 Å². The summed E-state index contributed by atoms with van der Waals surface area (Å²) in [6, 6.07) is 43.1. The third-order valence-corrected chi connectivity index (χ3v) is 9.89. The van der Waals surface area contributed by atoms with Crippen molar-refractivity contribution in [1.29, 1.82) is 0 Å². The van der Waals surface area contributed by atoms with E-state index in [4.69, 9.17) is 29.7 Å². The first kappa shape index (κ1) is 35.7. The van der Waals surface area contributed by atoms with Crippen molar-refractivity contribution in [3.05, 3.63) is 156 Å². The van der Waals surface area contributed by atoms with Gasteiger partial charge in [0.05, 0.1) is 22.8 Å². The minimum Gasteiger partial charge on any atom is -0.482 e. The Balaban J connectivity index is 1.37. The van der Waals surface area contributed by atoms with E-state index in [1.54, 1.807) is 24.3 Å². The summed E-state index contributed by atoms with van der Waals surface area (Å²) < 4.78 is 10.9. The van der Waals surface area contributed by atoms with Crippen LogP contribution in [0.2, 0.25) is 0 Å². The topological polar surface area (TPSA) is 150 Å². The van der Waals surface area contributed by atoms with Gasteiger partial charge in [-0.3, -0.25) is 0 Å². The molecule has 0 atom stereocenters. The van der Waals surface area contributed by atoms with Gasteiger partial charge in [0.2, 0.25) is 0 Å². The van der Waals surface area contributed by atoms with Gasteiger partial charge in [-0.05, 0) is 95.1 Å². The second kappa shape index (κ2) is 15.3. The lowest BCUT2D eigenvalue weighted by Crippen LogP contribution is -2.09. The third kappa shape index (κ3) is 7.13. The Kier molecular flexibility index (Phi) is 9.40.